The van der Waals surface area contributed by atoms with Crippen LogP contribution in [0, 0.1) is 13.8 Å². The van der Waals surface area contributed by atoms with E-state index in [0.29, 0.717) is 0 Å². The molecule has 0 amide bonds. The van der Waals surface area contributed by atoms with Crippen molar-refractivity contribution in [2.24, 2.45) is 0 Å². The molecule has 0 saturated carbocycles. The summed E-state index contributed by atoms with van der Waals surface area (Å²) in [6, 6.07) is 153. The van der Waals surface area contributed by atoms with Crippen molar-refractivity contribution in [2.45, 2.75) is 13.8 Å². The van der Waals surface area contributed by atoms with Gasteiger partial charge in [0.05, 0.1) is 83.6 Å². The highest BCUT2D eigenvalue weighted by atomic mass is 15.2. The van der Waals surface area contributed by atoms with Gasteiger partial charge in [-0.15, -0.1) is 0 Å². The van der Waals surface area contributed by atoms with Crippen LogP contribution in [0.15, 0.2) is 406 Å². The zero-order chi connectivity index (χ0) is 75.9. The highest BCUT2D eigenvalue weighted by molar-refractivity contribution is 6.21. The molecule has 18 aromatic carbocycles. The smallest absolute Gasteiger partial charge is 0.0991 e. The lowest BCUT2D eigenvalue weighted by molar-refractivity contribution is 1.00. The van der Waals surface area contributed by atoms with Crippen LogP contribution in [0.25, 0.3) is 215 Å². The molecule has 0 aliphatic carbocycles. The van der Waals surface area contributed by atoms with Crippen LogP contribution in [0.1, 0.15) is 11.1 Å². The van der Waals surface area contributed by atoms with Crippen molar-refractivity contribution in [2.75, 3.05) is 0 Å². The van der Waals surface area contributed by atoms with Crippen LogP contribution in [0.5, 0.6) is 0 Å². The first kappa shape index (κ1) is 65.8. The zero-order valence-corrected chi connectivity index (χ0v) is 63.4. The summed E-state index contributed by atoms with van der Waals surface area (Å²) in [5.74, 6) is 0. The molecule has 0 aliphatic rings. The lowest BCUT2D eigenvalue weighted by Crippen LogP contribution is -2.18. The summed E-state index contributed by atoms with van der Waals surface area (Å²) < 4.78 is 13.4. The van der Waals surface area contributed by atoms with E-state index in [9.17, 15) is 0 Å². The van der Waals surface area contributed by atoms with Crippen molar-refractivity contribution in [1.82, 2.24) is 22.8 Å². The third kappa shape index (κ3) is 10.3. The van der Waals surface area contributed by atoms with Gasteiger partial charge in [0.2, 0.25) is 0 Å². The lowest BCUT2D eigenvalue weighted by Gasteiger charge is -2.32. The third-order valence-electron chi connectivity index (χ3n) is 24.4. The maximum Gasteiger partial charge on any atom is 0.0991 e. The molecule has 0 aliphatic heterocycles. The number of fused-ring (bicyclic) bond motifs is 15. The fourth-order valence-corrected chi connectivity index (χ4v) is 18.9. The molecule has 0 bridgehead atoms. The molecule has 0 atom stereocenters. The molecule has 0 fully saturated rings. The Hall–Kier alpha value is -15.0. The fraction of sp³-hybridized carbons (Fsp3) is 0.0182. The number of rotatable bonds is 12. The molecule has 23 rings (SSSR count). The highest BCUT2D eigenvalue weighted by Gasteiger charge is 2.38. The Morgan fingerprint density at radius 1 is 0.130 bits per heavy atom. The van der Waals surface area contributed by atoms with Crippen molar-refractivity contribution >= 4 is 109 Å². The molecule has 0 spiro atoms. The molecular formula is C110H73N5. The summed E-state index contributed by atoms with van der Waals surface area (Å²) >= 11 is 0. The number of benzene rings is 18. The normalized spacial score (nSPS) is 11.9. The van der Waals surface area contributed by atoms with Gasteiger partial charge in [-0.2, -0.15) is 0 Å². The predicted octanol–water partition coefficient (Wildman–Crippen LogP) is 29.5. The average molecular weight is 1460 g/mol. The molecule has 5 nitrogen and oxygen atoms in total. The standard InChI is InChI=1S/C110H73N5/c1-70-49-50-84(63-71(70)2)105-106(111-99-57-51-78(72-29-9-3-10-30-72)64-89(99)90-65-79(52-58-100(90)111)73-31-11-4-12-32-73)108(113-95-45-25-21-41-85(95)86-42-22-26-46-96(86)113)110(115-103-61-55-82(76-37-17-7-18-38-76)68-93(103)94-69-83(56-62-104(94)115)77-39-19-8-20-40-77)109(114-97-47-27-23-43-87(97)88-44-24-28-48-98(88)114)107(105)112-101-59-53-80(74-33-13-5-14-34-74)66-91(101)92-67-81(54-60-102(92)112)75-35-15-6-16-36-75/h3-69H,1-2H3. The topological polar surface area (TPSA) is 24.6 Å². The molecule has 5 aromatic heterocycles. The van der Waals surface area contributed by atoms with Gasteiger partial charge in [-0.25, -0.2) is 0 Å². The Balaban J connectivity index is 1.04. The molecule has 5 heteroatoms. The van der Waals surface area contributed by atoms with Gasteiger partial charge in [0.1, 0.15) is 0 Å². The van der Waals surface area contributed by atoms with Gasteiger partial charge in [0, 0.05) is 59.4 Å². The van der Waals surface area contributed by atoms with E-state index in [1.165, 1.54) is 11.1 Å². The maximum absolute atomic E-state index is 2.70. The van der Waals surface area contributed by atoms with Crippen molar-refractivity contribution in [3.8, 4) is 106 Å². The third-order valence-corrected chi connectivity index (χ3v) is 24.4. The maximum atomic E-state index is 2.70. The summed E-state index contributed by atoms with van der Waals surface area (Å²) in [5, 5.41) is 11.4. The molecule has 115 heavy (non-hydrogen) atoms. The van der Waals surface area contributed by atoms with E-state index in [2.05, 4.69) is 443 Å². The number of nitrogens with zero attached hydrogens (tertiary/aromatic N) is 5. The molecule has 0 N–H and O–H groups in total. The average Bonchev–Trinajstić information content (AvgIpc) is 1.57. The second-order valence-electron chi connectivity index (χ2n) is 30.8. The van der Waals surface area contributed by atoms with Gasteiger partial charge in [0.15, 0.2) is 0 Å². The van der Waals surface area contributed by atoms with Crippen molar-refractivity contribution in [3.05, 3.63) is 418 Å². The molecule has 5 heterocycles. The molecule has 538 valence electrons. The van der Waals surface area contributed by atoms with E-state index in [0.717, 1.165) is 215 Å². The Morgan fingerprint density at radius 3 is 0.557 bits per heavy atom. The van der Waals surface area contributed by atoms with E-state index in [1.54, 1.807) is 0 Å². The SMILES string of the molecule is Cc1ccc(-c2c(-n3c4ccc(-c5ccccc5)cc4c4cc(-c5ccccc5)ccc43)c(-n3c4ccccc4c4ccccc43)c(-n3c4ccc(-c5ccccc5)cc4c4cc(-c5ccccc5)ccc43)c(-n3c4ccccc4c4ccccc43)c2-n2c3ccc(-c4ccccc4)cc3c3cc(-c4ccccc4)ccc32)cc1C. The van der Waals surface area contributed by atoms with Crippen molar-refractivity contribution in [3.63, 3.8) is 0 Å². The van der Waals surface area contributed by atoms with Gasteiger partial charge in [-0.3, -0.25) is 0 Å². The lowest BCUT2D eigenvalue weighted by atomic mass is 9.93. The second kappa shape index (κ2) is 26.3. The van der Waals surface area contributed by atoms with E-state index in [1.807, 2.05) is 0 Å². The monoisotopic (exact) mass is 1460 g/mol. The number of aromatic nitrogens is 5. The van der Waals surface area contributed by atoms with Crippen LogP contribution >= 0.6 is 0 Å². The van der Waals surface area contributed by atoms with Gasteiger partial charge in [-0.05, 0) is 194 Å². The van der Waals surface area contributed by atoms with Crippen molar-refractivity contribution < 1.29 is 0 Å². The Kier molecular flexibility index (Phi) is 15.1. The largest absolute Gasteiger partial charge is 0.306 e. The highest BCUT2D eigenvalue weighted by Crippen LogP contribution is 2.56. The predicted molar refractivity (Wildman–Crippen MR) is 486 cm³/mol. The molecule has 0 saturated heterocycles. The van der Waals surface area contributed by atoms with Gasteiger partial charge in [0.25, 0.3) is 0 Å². The first-order valence-electron chi connectivity index (χ1n) is 39.8. The minimum Gasteiger partial charge on any atom is -0.306 e. The summed E-state index contributed by atoms with van der Waals surface area (Å²) in [4.78, 5) is 0. The number of hydrogen-bond donors (Lipinski definition) is 0. The van der Waals surface area contributed by atoms with Gasteiger partial charge >= 0.3 is 0 Å². The van der Waals surface area contributed by atoms with E-state index < -0.39 is 0 Å². The Bertz CT molecular complexity index is 7130. The summed E-state index contributed by atoms with van der Waals surface area (Å²) in [5.41, 5.74) is 34.0. The Labute approximate surface area is 665 Å². The molecule has 23 aromatic rings. The number of para-hydroxylation sites is 4. The second-order valence-corrected chi connectivity index (χ2v) is 30.8. The first-order chi connectivity index (χ1) is 56.9. The minimum atomic E-state index is 0.990. The summed E-state index contributed by atoms with van der Waals surface area (Å²) in [6.45, 7) is 4.56. The van der Waals surface area contributed by atoms with Crippen LogP contribution < -0.4 is 0 Å². The quantitative estimate of drug-likeness (QED) is 0.116. The zero-order valence-electron chi connectivity index (χ0n) is 63.4. The summed E-state index contributed by atoms with van der Waals surface area (Å²) in [7, 11) is 0. The molecule has 0 unspecified atom stereocenters. The number of aryl methyl sites for hydroxylation is 2. The molecular weight excluding hydrogens is 1390 g/mol. The van der Waals surface area contributed by atoms with E-state index in [4.69, 9.17) is 0 Å². The fourth-order valence-electron chi connectivity index (χ4n) is 18.9. The Morgan fingerprint density at radius 2 is 0.322 bits per heavy atom. The van der Waals surface area contributed by atoms with E-state index in [-0.39, 0.29) is 0 Å². The first-order valence-corrected chi connectivity index (χ1v) is 39.8. The number of hydrogen-bond acceptors (Lipinski definition) is 0. The van der Waals surface area contributed by atoms with Crippen LogP contribution in [-0.4, -0.2) is 22.8 Å². The van der Waals surface area contributed by atoms with Gasteiger partial charge in [-0.1, -0.05) is 309 Å². The summed E-state index contributed by atoms with van der Waals surface area (Å²) in [6.07, 6.45) is 0. The van der Waals surface area contributed by atoms with E-state index >= 15 is 0 Å². The van der Waals surface area contributed by atoms with Crippen LogP contribution in [0.2, 0.25) is 0 Å². The van der Waals surface area contributed by atoms with Crippen LogP contribution in [-0.2, 0) is 0 Å². The minimum absolute atomic E-state index is 0.990. The van der Waals surface area contributed by atoms with Crippen LogP contribution in [0.4, 0.5) is 0 Å². The van der Waals surface area contributed by atoms with Crippen molar-refractivity contribution in [1.29, 1.82) is 0 Å². The van der Waals surface area contributed by atoms with Gasteiger partial charge < -0.3 is 22.8 Å². The van der Waals surface area contributed by atoms with Crippen LogP contribution in [0.3, 0.4) is 0 Å². The molecule has 0 radical (unpaired) electrons.